The van der Waals surface area contributed by atoms with Crippen LogP contribution in [-0.2, 0) is 6.54 Å². The molecule has 1 saturated heterocycles. The van der Waals surface area contributed by atoms with Crippen molar-refractivity contribution in [2.24, 2.45) is 0 Å². The predicted octanol–water partition coefficient (Wildman–Crippen LogP) is 4.37. The van der Waals surface area contributed by atoms with Crippen molar-refractivity contribution in [1.82, 2.24) is 4.90 Å². The van der Waals surface area contributed by atoms with Crippen molar-refractivity contribution in [3.63, 3.8) is 0 Å². The van der Waals surface area contributed by atoms with Crippen molar-refractivity contribution < 1.29 is 4.79 Å². The minimum atomic E-state index is 0.109. The van der Waals surface area contributed by atoms with Crippen molar-refractivity contribution in [3.8, 4) is 0 Å². The molecule has 3 aromatic rings. The average molecular weight is 354 g/mol. The molecule has 3 heteroatoms. The largest absolute Gasteiger partial charge is 0.368 e. The zero-order valence-electron chi connectivity index (χ0n) is 15.3. The molecule has 3 nitrogen and oxygen atoms in total. The molecule has 0 atom stereocenters. The number of benzene rings is 3. The summed E-state index contributed by atoms with van der Waals surface area (Å²) in [5.41, 5.74) is 4.64. The molecular weight excluding hydrogens is 332 g/mol. The Hall–Kier alpha value is -2.91. The van der Waals surface area contributed by atoms with Gasteiger partial charge in [-0.15, -0.1) is 0 Å². The van der Waals surface area contributed by atoms with E-state index in [-0.39, 0.29) is 5.78 Å². The normalized spacial score (nSPS) is 16.9. The van der Waals surface area contributed by atoms with Crippen molar-refractivity contribution in [3.05, 3.63) is 83.4 Å². The van der Waals surface area contributed by atoms with Gasteiger partial charge in [0.1, 0.15) is 0 Å². The van der Waals surface area contributed by atoms with Crippen LogP contribution >= 0.6 is 0 Å². The van der Waals surface area contributed by atoms with Crippen molar-refractivity contribution in [2.75, 3.05) is 31.1 Å². The molecule has 3 aromatic carbocycles. The second kappa shape index (κ2) is 6.67. The lowest BCUT2D eigenvalue weighted by atomic mass is 9.91. The first-order chi connectivity index (χ1) is 13.3. The summed E-state index contributed by atoms with van der Waals surface area (Å²) >= 11 is 0. The number of ketones is 1. The molecule has 0 aromatic heterocycles. The van der Waals surface area contributed by atoms with Crippen LogP contribution in [0.3, 0.4) is 0 Å². The van der Waals surface area contributed by atoms with Gasteiger partial charge >= 0.3 is 0 Å². The third-order valence-electron chi connectivity index (χ3n) is 5.69. The Kier molecular flexibility index (Phi) is 4.02. The predicted molar refractivity (Wildman–Crippen MR) is 111 cm³/mol. The van der Waals surface area contributed by atoms with E-state index in [1.54, 1.807) is 6.08 Å². The number of hydrogen-bond acceptors (Lipinski definition) is 3. The molecule has 0 radical (unpaired) electrons. The van der Waals surface area contributed by atoms with Crippen LogP contribution in [0.25, 0.3) is 16.8 Å². The third-order valence-corrected chi connectivity index (χ3v) is 5.69. The first-order valence-electron chi connectivity index (χ1n) is 9.59. The van der Waals surface area contributed by atoms with E-state index in [9.17, 15) is 4.79 Å². The van der Waals surface area contributed by atoms with Gasteiger partial charge in [0.25, 0.3) is 0 Å². The highest BCUT2D eigenvalue weighted by Gasteiger charge is 2.23. The molecule has 1 aliphatic heterocycles. The SMILES string of the molecule is O=C1C=Cc2c(N3CCN(Cc4ccccc4)CC3)ccc3cccc1c23. The minimum Gasteiger partial charge on any atom is -0.368 e. The summed E-state index contributed by atoms with van der Waals surface area (Å²) in [5.74, 6) is 0.109. The summed E-state index contributed by atoms with van der Waals surface area (Å²) in [6.07, 6.45) is 3.72. The van der Waals surface area contributed by atoms with Gasteiger partial charge in [-0.05, 0) is 29.2 Å². The van der Waals surface area contributed by atoms with Crippen LogP contribution < -0.4 is 4.90 Å². The lowest BCUT2D eigenvalue weighted by Gasteiger charge is -2.37. The standard InChI is InChI=1S/C24H22N2O/c27-23-12-10-20-22(11-9-19-7-4-8-21(23)24(19)20)26-15-13-25(14-16-26)17-18-5-2-1-3-6-18/h1-12H,13-17H2. The van der Waals surface area contributed by atoms with E-state index in [1.165, 1.54) is 16.8 Å². The number of nitrogens with zero attached hydrogens (tertiary/aromatic N) is 2. The Bertz CT molecular complexity index is 1030. The average Bonchev–Trinajstić information content (AvgIpc) is 2.72. The summed E-state index contributed by atoms with van der Waals surface area (Å²) in [6.45, 7) is 5.13. The zero-order chi connectivity index (χ0) is 18.2. The first kappa shape index (κ1) is 16.3. The molecule has 0 N–H and O–H groups in total. The summed E-state index contributed by atoms with van der Waals surface area (Å²) in [7, 11) is 0. The van der Waals surface area contributed by atoms with Crippen LogP contribution in [0.2, 0.25) is 0 Å². The van der Waals surface area contributed by atoms with Gasteiger partial charge in [0.05, 0.1) is 0 Å². The molecule has 1 aliphatic carbocycles. The van der Waals surface area contributed by atoms with Gasteiger partial charge in [-0.25, -0.2) is 0 Å². The fraction of sp³-hybridized carbons (Fsp3) is 0.208. The Morgan fingerprint density at radius 2 is 1.59 bits per heavy atom. The highest BCUT2D eigenvalue weighted by molar-refractivity contribution is 6.21. The molecule has 0 spiro atoms. The topological polar surface area (TPSA) is 23.6 Å². The monoisotopic (exact) mass is 354 g/mol. The van der Waals surface area contributed by atoms with Crippen LogP contribution in [0.4, 0.5) is 5.69 Å². The van der Waals surface area contributed by atoms with Crippen molar-refractivity contribution in [2.45, 2.75) is 6.54 Å². The fourth-order valence-electron chi connectivity index (χ4n) is 4.28. The van der Waals surface area contributed by atoms with Gasteiger partial charge in [0.2, 0.25) is 0 Å². The Labute approximate surface area is 159 Å². The molecule has 1 fully saturated rings. The van der Waals surface area contributed by atoms with E-state index >= 15 is 0 Å². The summed E-state index contributed by atoms with van der Waals surface area (Å²) < 4.78 is 0. The number of carbonyl (C=O) groups is 1. The van der Waals surface area contributed by atoms with Gasteiger partial charge in [-0.3, -0.25) is 9.69 Å². The van der Waals surface area contributed by atoms with E-state index in [2.05, 4.69) is 58.3 Å². The van der Waals surface area contributed by atoms with Crippen LogP contribution in [0.15, 0.2) is 66.7 Å². The molecule has 2 aliphatic rings. The second-order valence-electron chi connectivity index (χ2n) is 7.35. The van der Waals surface area contributed by atoms with Crippen LogP contribution in [0.1, 0.15) is 21.5 Å². The highest BCUT2D eigenvalue weighted by Crippen LogP contribution is 2.35. The molecular formula is C24H22N2O. The summed E-state index contributed by atoms with van der Waals surface area (Å²) in [6, 6.07) is 21.1. The summed E-state index contributed by atoms with van der Waals surface area (Å²) in [4.78, 5) is 17.3. The maximum atomic E-state index is 12.3. The Balaban J connectivity index is 1.40. The lowest BCUT2D eigenvalue weighted by molar-refractivity contribution is 0.104. The van der Waals surface area contributed by atoms with Gasteiger partial charge in [-0.1, -0.05) is 54.6 Å². The molecule has 27 heavy (non-hydrogen) atoms. The molecule has 0 bridgehead atoms. The maximum Gasteiger partial charge on any atom is 0.186 e. The molecule has 5 rings (SSSR count). The third kappa shape index (κ3) is 2.94. The van der Waals surface area contributed by atoms with E-state index in [0.717, 1.165) is 49.1 Å². The smallest absolute Gasteiger partial charge is 0.186 e. The number of anilines is 1. The van der Waals surface area contributed by atoms with Crippen molar-refractivity contribution >= 4 is 28.3 Å². The van der Waals surface area contributed by atoms with Gasteiger partial charge in [-0.2, -0.15) is 0 Å². The summed E-state index contributed by atoms with van der Waals surface area (Å²) in [5, 5.41) is 2.25. The van der Waals surface area contributed by atoms with Gasteiger partial charge in [0, 0.05) is 54.9 Å². The number of allylic oxidation sites excluding steroid dienone is 1. The number of carbonyl (C=O) groups excluding carboxylic acids is 1. The first-order valence-corrected chi connectivity index (χ1v) is 9.59. The van der Waals surface area contributed by atoms with Crippen LogP contribution in [0.5, 0.6) is 0 Å². The Morgan fingerprint density at radius 3 is 2.41 bits per heavy atom. The molecule has 0 unspecified atom stereocenters. The number of hydrogen-bond donors (Lipinski definition) is 0. The quantitative estimate of drug-likeness (QED) is 0.698. The molecule has 1 heterocycles. The van der Waals surface area contributed by atoms with E-state index < -0.39 is 0 Å². The van der Waals surface area contributed by atoms with Crippen LogP contribution in [0, 0.1) is 0 Å². The maximum absolute atomic E-state index is 12.3. The fourth-order valence-corrected chi connectivity index (χ4v) is 4.28. The number of rotatable bonds is 3. The van der Waals surface area contributed by atoms with Gasteiger partial charge in [0.15, 0.2) is 5.78 Å². The van der Waals surface area contributed by atoms with E-state index in [4.69, 9.17) is 0 Å². The molecule has 134 valence electrons. The number of piperazine rings is 1. The van der Waals surface area contributed by atoms with Crippen LogP contribution in [-0.4, -0.2) is 36.9 Å². The second-order valence-corrected chi connectivity index (χ2v) is 7.35. The lowest BCUT2D eigenvalue weighted by Crippen LogP contribution is -2.46. The van der Waals surface area contributed by atoms with Gasteiger partial charge < -0.3 is 4.90 Å². The van der Waals surface area contributed by atoms with E-state index in [0.29, 0.717) is 0 Å². The zero-order valence-corrected chi connectivity index (χ0v) is 15.3. The molecule has 0 amide bonds. The Morgan fingerprint density at radius 1 is 0.778 bits per heavy atom. The van der Waals surface area contributed by atoms with E-state index in [1.807, 2.05) is 18.2 Å². The minimum absolute atomic E-state index is 0.109. The molecule has 0 saturated carbocycles. The van der Waals surface area contributed by atoms with Crippen molar-refractivity contribution in [1.29, 1.82) is 0 Å². The highest BCUT2D eigenvalue weighted by atomic mass is 16.1.